The Morgan fingerprint density at radius 3 is 2.45 bits per heavy atom. The highest BCUT2D eigenvalue weighted by atomic mass is 19.1. The molecule has 2 aromatic carbocycles. The van der Waals surface area contributed by atoms with Crippen molar-refractivity contribution in [2.24, 2.45) is 0 Å². The van der Waals surface area contributed by atoms with Crippen LogP contribution in [0.1, 0.15) is 32.1 Å². The minimum atomic E-state index is -0.559. The Morgan fingerprint density at radius 2 is 1.77 bits per heavy atom. The second-order valence-electron chi connectivity index (χ2n) is 6.71. The first-order valence-electron chi connectivity index (χ1n) is 9.24. The molecule has 0 atom stereocenters. The molecule has 0 saturated heterocycles. The molecule has 0 saturated carbocycles. The fraction of sp³-hybridized carbons (Fsp3) is 0.190. The van der Waals surface area contributed by atoms with Crippen molar-refractivity contribution in [1.82, 2.24) is 15.0 Å². The van der Waals surface area contributed by atoms with Crippen LogP contribution in [0.15, 0.2) is 42.5 Å². The molecule has 160 valence electrons. The number of nitrogens with zero attached hydrogens (tertiary/aromatic N) is 3. The number of nitrogens with one attached hydrogen (secondary N) is 2. The van der Waals surface area contributed by atoms with Crippen LogP contribution in [0.5, 0.6) is 0 Å². The van der Waals surface area contributed by atoms with Gasteiger partial charge in [0.2, 0.25) is 5.91 Å². The average molecular weight is 425 g/mol. The molecule has 0 fully saturated rings. The molecule has 0 aliphatic rings. The molecule has 10 heteroatoms. The summed E-state index contributed by atoms with van der Waals surface area (Å²) < 4.78 is 19.3. The monoisotopic (exact) mass is 425 g/mol. The standard InChI is InChI=1S/C21H20FN5O4/c1-12-4-7-15(22)10-17(12)24-20(29)19-13(2)27(26-25-19)11-18(28)23-16-8-5-14(6-9-16)21(30)31-3/h4-10H,11H2,1-3H3,(H,23,28)(H,24,29). The van der Waals surface area contributed by atoms with Crippen LogP contribution in [0.4, 0.5) is 15.8 Å². The molecule has 0 aliphatic heterocycles. The summed E-state index contributed by atoms with van der Waals surface area (Å²) in [6.45, 7) is 3.16. The molecule has 0 aliphatic carbocycles. The first-order chi connectivity index (χ1) is 14.8. The molecule has 0 spiro atoms. The molecule has 3 rings (SSSR count). The Labute approximate surface area is 177 Å². The van der Waals surface area contributed by atoms with Gasteiger partial charge in [-0.05, 0) is 55.8 Å². The van der Waals surface area contributed by atoms with Gasteiger partial charge >= 0.3 is 5.97 Å². The van der Waals surface area contributed by atoms with Gasteiger partial charge in [0.1, 0.15) is 12.4 Å². The number of anilines is 2. The Bertz CT molecular complexity index is 1140. The van der Waals surface area contributed by atoms with Crippen molar-refractivity contribution in [3.63, 3.8) is 0 Å². The molecule has 2 amide bonds. The fourth-order valence-corrected chi connectivity index (χ4v) is 2.77. The predicted molar refractivity (Wildman–Crippen MR) is 110 cm³/mol. The summed E-state index contributed by atoms with van der Waals surface area (Å²) in [7, 11) is 1.28. The van der Waals surface area contributed by atoms with Crippen LogP contribution >= 0.6 is 0 Å². The first-order valence-corrected chi connectivity index (χ1v) is 9.24. The summed E-state index contributed by atoms with van der Waals surface area (Å²) in [4.78, 5) is 36.3. The van der Waals surface area contributed by atoms with E-state index in [2.05, 4.69) is 25.7 Å². The van der Waals surface area contributed by atoms with E-state index >= 15 is 0 Å². The normalized spacial score (nSPS) is 10.5. The summed E-state index contributed by atoms with van der Waals surface area (Å²) in [5, 5.41) is 13.0. The van der Waals surface area contributed by atoms with Gasteiger partial charge in [0, 0.05) is 11.4 Å². The van der Waals surface area contributed by atoms with Gasteiger partial charge in [0.05, 0.1) is 18.4 Å². The summed E-state index contributed by atoms with van der Waals surface area (Å²) in [6.07, 6.45) is 0. The lowest BCUT2D eigenvalue weighted by atomic mass is 10.2. The number of esters is 1. The molecular formula is C21H20FN5O4. The van der Waals surface area contributed by atoms with Crippen molar-refractivity contribution in [3.05, 3.63) is 70.8 Å². The molecule has 0 radical (unpaired) electrons. The zero-order valence-electron chi connectivity index (χ0n) is 17.1. The number of aromatic nitrogens is 3. The molecule has 31 heavy (non-hydrogen) atoms. The van der Waals surface area contributed by atoms with Gasteiger partial charge in [-0.3, -0.25) is 9.59 Å². The molecule has 3 aromatic rings. The Hall–Kier alpha value is -4.08. The summed E-state index contributed by atoms with van der Waals surface area (Å²) in [5.41, 5.74) is 2.26. The third-order valence-electron chi connectivity index (χ3n) is 4.53. The van der Waals surface area contributed by atoms with Gasteiger partial charge in [-0.2, -0.15) is 0 Å². The van der Waals surface area contributed by atoms with Crippen molar-refractivity contribution < 1.29 is 23.5 Å². The average Bonchev–Trinajstić information content (AvgIpc) is 3.10. The van der Waals surface area contributed by atoms with Crippen molar-refractivity contribution in [2.75, 3.05) is 17.7 Å². The van der Waals surface area contributed by atoms with E-state index < -0.39 is 23.6 Å². The minimum Gasteiger partial charge on any atom is -0.465 e. The highest BCUT2D eigenvalue weighted by Gasteiger charge is 2.19. The number of methoxy groups -OCH3 is 1. The number of carbonyl (C=O) groups is 3. The van der Waals surface area contributed by atoms with E-state index in [9.17, 15) is 18.8 Å². The van der Waals surface area contributed by atoms with E-state index in [1.54, 1.807) is 32.0 Å². The topological polar surface area (TPSA) is 115 Å². The highest BCUT2D eigenvalue weighted by Crippen LogP contribution is 2.17. The summed E-state index contributed by atoms with van der Waals surface area (Å²) in [6, 6.07) is 10.3. The van der Waals surface area contributed by atoms with Gasteiger partial charge < -0.3 is 15.4 Å². The Kier molecular flexibility index (Phi) is 6.39. The van der Waals surface area contributed by atoms with E-state index in [1.807, 2.05) is 0 Å². The highest BCUT2D eigenvalue weighted by molar-refractivity contribution is 6.04. The molecule has 0 bridgehead atoms. The van der Waals surface area contributed by atoms with E-state index in [-0.39, 0.29) is 12.2 Å². The van der Waals surface area contributed by atoms with Crippen LogP contribution in [0.3, 0.4) is 0 Å². The zero-order chi connectivity index (χ0) is 22.5. The van der Waals surface area contributed by atoms with Crippen LogP contribution in [0.2, 0.25) is 0 Å². The molecule has 9 nitrogen and oxygen atoms in total. The van der Waals surface area contributed by atoms with E-state index in [1.165, 1.54) is 36.1 Å². The number of halogens is 1. The van der Waals surface area contributed by atoms with Gasteiger partial charge in [0.15, 0.2) is 5.69 Å². The van der Waals surface area contributed by atoms with E-state index in [0.29, 0.717) is 28.2 Å². The number of aryl methyl sites for hydroxylation is 1. The van der Waals surface area contributed by atoms with Crippen molar-refractivity contribution in [2.45, 2.75) is 20.4 Å². The zero-order valence-corrected chi connectivity index (χ0v) is 17.1. The second kappa shape index (κ2) is 9.16. The number of ether oxygens (including phenoxy) is 1. The maximum atomic E-state index is 13.4. The van der Waals surface area contributed by atoms with Crippen molar-refractivity contribution in [3.8, 4) is 0 Å². The maximum absolute atomic E-state index is 13.4. The number of rotatable bonds is 6. The van der Waals surface area contributed by atoms with Gasteiger partial charge in [0.25, 0.3) is 5.91 Å². The van der Waals surface area contributed by atoms with Gasteiger partial charge in [-0.15, -0.1) is 5.10 Å². The number of benzene rings is 2. The van der Waals surface area contributed by atoms with Gasteiger partial charge in [-0.25, -0.2) is 13.9 Å². The predicted octanol–water partition coefficient (Wildman–Crippen LogP) is 2.71. The number of hydrogen-bond donors (Lipinski definition) is 2. The molecule has 0 unspecified atom stereocenters. The van der Waals surface area contributed by atoms with Crippen LogP contribution in [-0.2, 0) is 16.1 Å². The largest absolute Gasteiger partial charge is 0.465 e. The fourth-order valence-electron chi connectivity index (χ4n) is 2.77. The lowest BCUT2D eigenvalue weighted by Crippen LogP contribution is -2.21. The van der Waals surface area contributed by atoms with Crippen LogP contribution in [0, 0.1) is 19.7 Å². The third-order valence-corrected chi connectivity index (χ3v) is 4.53. The van der Waals surface area contributed by atoms with Crippen LogP contribution in [0.25, 0.3) is 0 Å². The second-order valence-corrected chi connectivity index (χ2v) is 6.71. The number of amides is 2. The lowest BCUT2D eigenvalue weighted by Gasteiger charge is -2.08. The molecule has 2 N–H and O–H groups in total. The number of carbonyl (C=O) groups excluding carboxylic acids is 3. The quantitative estimate of drug-likeness (QED) is 0.587. The SMILES string of the molecule is COC(=O)c1ccc(NC(=O)Cn2nnc(C(=O)Nc3cc(F)ccc3C)c2C)cc1. The van der Waals surface area contributed by atoms with Crippen molar-refractivity contribution in [1.29, 1.82) is 0 Å². The number of hydrogen-bond acceptors (Lipinski definition) is 6. The minimum absolute atomic E-state index is 0.0268. The van der Waals surface area contributed by atoms with Crippen molar-refractivity contribution >= 4 is 29.2 Å². The summed E-state index contributed by atoms with van der Waals surface area (Å²) >= 11 is 0. The summed E-state index contributed by atoms with van der Waals surface area (Å²) in [5.74, 6) is -1.91. The lowest BCUT2D eigenvalue weighted by molar-refractivity contribution is -0.117. The van der Waals surface area contributed by atoms with Crippen LogP contribution < -0.4 is 10.6 Å². The van der Waals surface area contributed by atoms with E-state index in [0.717, 1.165) is 0 Å². The molecular weight excluding hydrogens is 405 g/mol. The first kappa shape index (κ1) is 21.6. The van der Waals surface area contributed by atoms with E-state index in [4.69, 9.17) is 0 Å². The van der Waals surface area contributed by atoms with Crippen LogP contribution in [-0.4, -0.2) is 39.9 Å². The Balaban J connectivity index is 1.65. The third kappa shape index (κ3) is 5.10. The Morgan fingerprint density at radius 1 is 1.06 bits per heavy atom. The molecule has 1 aromatic heterocycles. The maximum Gasteiger partial charge on any atom is 0.337 e. The molecule has 1 heterocycles. The smallest absolute Gasteiger partial charge is 0.337 e. The van der Waals surface area contributed by atoms with Gasteiger partial charge in [-0.1, -0.05) is 11.3 Å².